The first kappa shape index (κ1) is 24.9. The van der Waals surface area contributed by atoms with E-state index in [-0.39, 0.29) is 22.6 Å². The Kier molecular flexibility index (Phi) is 5.97. The molecule has 3 aliphatic carbocycles. The van der Waals surface area contributed by atoms with Crippen molar-refractivity contribution in [1.82, 2.24) is 0 Å². The monoisotopic (exact) mass is 510 g/mol. The molecular weight excluding hydrogens is 475 g/mol. The SMILES string of the molecule is Cc1ccc(F)c(-c2ccc(COc3ccc4c(c3)[C@@]3(CCC4)C[C@@H]3C(=O)O)cc2C2=CCCC2(C)C)c1. The zero-order valence-electron chi connectivity index (χ0n) is 22.4. The highest BCUT2D eigenvalue weighted by atomic mass is 19.1. The van der Waals surface area contributed by atoms with Crippen molar-refractivity contribution in [2.24, 2.45) is 11.3 Å². The van der Waals surface area contributed by atoms with E-state index in [1.807, 2.05) is 37.3 Å². The number of ether oxygens (including phenoxy) is 1. The molecule has 2 atom stereocenters. The summed E-state index contributed by atoms with van der Waals surface area (Å²) >= 11 is 0. The van der Waals surface area contributed by atoms with Crippen LogP contribution >= 0.6 is 0 Å². The van der Waals surface area contributed by atoms with Crippen LogP contribution in [0.25, 0.3) is 16.7 Å². The maximum atomic E-state index is 15.0. The third-order valence-electron chi connectivity index (χ3n) is 9.10. The molecule has 0 bridgehead atoms. The van der Waals surface area contributed by atoms with Gasteiger partial charge in [0.05, 0.1) is 5.92 Å². The van der Waals surface area contributed by atoms with Crippen LogP contribution in [0.4, 0.5) is 4.39 Å². The van der Waals surface area contributed by atoms with Crippen LogP contribution in [0.3, 0.4) is 0 Å². The summed E-state index contributed by atoms with van der Waals surface area (Å²) in [6.07, 6.45) is 8.10. The van der Waals surface area contributed by atoms with Crippen molar-refractivity contribution in [2.75, 3.05) is 0 Å². The third-order valence-corrected chi connectivity index (χ3v) is 9.10. The molecule has 3 aliphatic rings. The molecule has 196 valence electrons. The number of carboxylic acid groups (broad SMARTS) is 1. The van der Waals surface area contributed by atoms with E-state index >= 15 is 0 Å². The Balaban J connectivity index is 1.31. The van der Waals surface area contributed by atoms with Crippen molar-refractivity contribution in [3.8, 4) is 16.9 Å². The van der Waals surface area contributed by atoms with Crippen molar-refractivity contribution in [2.45, 2.75) is 71.3 Å². The summed E-state index contributed by atoms with van der Waals surface area (Å²) in [6.45, 7) is 6.91. The van der Waals surface area contributed by atoms with E-state index in [4.69, 9.17) is 4.74 Å². The molecule has 3 aromatic carbocycles. The minimum absolute atomic E-state index is 0.0201. The van der Waals surface area contributed by atoms with Crippen molar-refractivity contribution < 1.29 is 19.0 Å². The van der Waals surface area contributed by atoms with Gasteiger partial charge < -0.3 is 9.84 Å². The summed E-state index contributed by atoms with van der Waals surface area (Å²) < 4.78 is 21.3. The summed E-state index contributed by atoms with van der Waals surface area (Å²) in [6, 6.07) is 17.7. The van der Waals surface area contributed by atoms with Gasteiger partial charge in [-0.15, -0.1) is 0 Å². The van der Waals surface area contributed by atoms with Crippen molar-refractivity contribution in [1.29, 1.82) is 0 Å². The standard InChI is InChI=1S/C34H35FO3/c1-21-8-13-31(35)27(16-21)25-12-9-22(17-26(25)28-7-5-14-33(28,2)3)20-38-24-11-10-23-6-4-15-34(29(23)18-24)19-30(34)32(36)37/h7-13,16-18,30H,4-6,14-15,19-20H2,1-3H3,(H,36,37)/t30-,34-/m1/s1. The predicted octanol–water partition coefficient (Wildman–Crippen LogP) is 8.26. The number of hydrogen-bond donors (Lipinski definition) is 1. The summed E-state index contributed by atoms with van der Waals surface area (Å²) in [7, 11) is 0. The lowest BCUT2D eigenvalue weighted by Gasteiger charge is -2.27. The lowest BCUT2D eigenvalue weighted by Crippen LogP contribution is -2.21. The fourth-order valence-electron chi connectivity index (χ4n) is 6.87. The first-order chi connectivity index (χ1) is 18.2. The Labute approximate surface area is 224 Å². The van der Waals surface area contributed by atoms with Gasteiger partial charge >= 0.3 is 5.97 Å². The average molecular weight is 511 g/mol. The maximum absolute atomic E-state index is 15.0. The minimum atomic E-state index is -0.689. The topological polar surface area (TPSA) is 46.5 Å². The van der Waals surface area contributed by atoms with Crippen LogP contribution in [0.5, 0.6) is 5.75 Å². The number of aliphatic carboxylic acids is 1. The third kappa shape index (κ3) is 4.24. The Hall–Kier alpha value is -3.40. The van der Waals surface area contributed by atoms with Gasteiger partial charge in [-0.3, -0.25) is 4.79 Å². The number of carbonyl (C=O) groups is 1. The fourth-order valence-corrected chi connectivity index (χ4v) is 6.87. The van der Waals surface area contributed by atoms with Gasteiger partial charge in [0, 0.05) is 11.0 Å². The molecule has 4 heteroatoms. The first-order valence-corrected chi connectivity index (χ1v) is 13.8. The van der Waals surface area contributed by atoms with E-state index in [2.05, 4.69) is 38.1 Å². The predicted molar refractivity (Wildman–Crippen MR) is 149 cm³/mol. The second-order valence-electron chi connectivity index (χ2n) is 12.1. The van der Waals surface area contributed by atoms with Crippen LogP contribution in [0, 0.1) is 24.1 Å². The second-order valence-corrected chi connectivity index (χ2v) is 12.1. The zero-order chi connectivity index (χ0) is 26.7. The molecule has 0 amide bonds. The Morgan fingerprint density at radius 3 is 2.61 bits per heavy atom. The summed E-state index contributed by atoms with van der Waals surface area (Å²) in [5, 5.41) is 9.65. The van der Waals surface area contributed by atoms with Gasteiger partial charge in [-0.1, -0.05) is 49.8 Å². The van der Waals surface area contributed by atoms with E-state index in [0.29, 0.717) is 12.2 Å². The van der Waals surface area contributed by atoms with Crippen molar-refractivity contribution >= 4 is 11.5 Å². The van der Waals surface area contributed by atoms with Crippen LogP contribution in [0.2, 0.25) is 0 Å². The van der Waals surface area contributed by atoms with Crippen LogP contribution in [0.15, 0.2) is 60.7 Å². The smallest absolute Gasteiger partial charge is 0.307 e. The maximum Gasteiger partial charge on any atom is 0.307 e. The normalized spacial score (nSPS) is 23.2. The van der Waals surface area contributed by atoms with Gasteiger partial charge in [0.25, 0.3) is 0 Å². The minimum Gasteiger partial charge on any atom is -0.489 e. The molecule has 0 heterocycles. The molecule has 6 rings (SSSR count). The lowest BCUT2D eigenvalue weighted by molar-refractivity contribution is -0.139. The largest absolute Gasteiger partial charge is 0.489 e. The number of hydrogen-bond acceptors (Lipinski definition) is 2. The molecule has 0 aromatic heterocycles. The number of fused-ring (bicyclic) bond motifs is 2. The number of aryl methyl sites for hydroxylation is 2. The molecule has 3 nitrogen and oxygen atoms in total. The molecule has 1 N–H and O–H groups in total. The average Bonchev–Trinajstić information content (AvgIpc) is 3.50. The van der Waals surface area contributed by atoms with Crippen LogP contribution in [-0.2, 0) is 23.2 Å². The molecule has 3 aromatic rings. The van der Waals surface area contributed by atoms with E-state index in [9.17, 15) is 14.3 Å². The van der Waals surface area contributed by atoms with Gasteiger partial charge in [-0.2, -0.15) is 0 Å². The second kappa shape index (κ2) is 9.11. The van der Waals surface area contributed by atoms with Crippen LogP contribution in [0.1, 0.15) is 73.8 Å². The van der Waals surface area contributed by atoms with Gasteiger partial charge in [0.1, 0.15) is 18.2 Å². The number of benzene rings is 3. The quantitative estimate of drug-likeness (QED) is 0.363. The summed E-state index contributed by atoms with van der Waals surface area (Å²) in [5.74, 6) is -0.403. The highest BCUT2D eigenvalue weighted by molar-refractivity contribution is 5.85. The van der Waals surface area contributed by atoms with Gasteiger partial charge in [0.15, 0.2) is 0 Å². The number of halogens is 1. The Morgan fingerprint density at radius 2 is 1.87 bits per heavy atom. The van der Waals surface area contributed by atoms with E-state index in [0.717, 1.165) is 72.1 Å². The lowest BCUT2D eigenvalue weighted by atomic mass is 9.78. The molecule has 1 saturated carbocycles. The van der Waals surface area contributed by atoms with E-state index in [1.54, 1.807) is 6.07 Å². The summed E-state index contributed by atoms with van der Waals surface area (Å²) in [4.78, 5) is 11.7. The van der Waals surface area contributed by atoms with Gasteiger partial charge in [-0.05, 0) is 115 Å². The Morgan fingerprint density at radius 1 is 1.03 bits per heavy atom. The molecule has 1 spiro atoms. The molecule has 0 unspecified atom stereocenters. The first-order valence-electron chi connectivity index (χ1n) is 13.8. The fraction of sp³-hybridized carbons (Fsp3) is 0.382. The molecule has 0 saturated heterocycles. The van der Waals surface area contributed by atoms with E-state index < -0.39 is 5.97 Å². The zero-order valence-corrected chi connectivity index (χ0v) is 22.4. The molecular formula is C34H35FO3. The van der Waals surface area contributed by atoms with Gasteiger partial charge in [0.2, 0.25) is 0 Å². The van der Waals surface area contributed by atoms with Crippen molar-refractivity contribution in [3.63, 3.8) is 0 Å². The molecule has 1 fully saturated rings. The van der Waals surface area contributed by atoms with Crippen LogP contribution in [-0.4, -0.2) is 11.1 Å². The number of rotatable bonds is 6. The summed E-state index contributed by atoms with van der Waals surface area (Å²) in [5.41, 5.74) is 8.18. The van der Waals surface area contributed by atoms with E-state index in [1.165, 1.54) is 11.1 Å². The van der Waals surface area contributed by atoms with Gasteiger partial charge in [-0.25, -0.2) is 4.39 Å². The highest BCUT2D eigenvalue weighted by Gasteiger charge is 2.60. The Bertz CT molecular complexity index is 1470. The van der Waals surface area contributed by atoms with Crippen molar-refractivity contribution in [3.05, 3.63) is 94.3 Å². The number of carboxylic acids is 1. The van der Waals surface area contributed by atoms with Crippen LogP contribution < -0.4 is 4.74 Å². The highest BCUT2D eigenvalue weighted by Crippen LogP contribution is 2.60. The molecule has 38 heavy (non-hydrogen) atoms. The molecule has 0 radical (unpaired) electrons. The number of allylic oxidation sites excluding steroid dienone is 2. The molecule has 0 aliphatic heterocycles.